The van der Waals surface area contributed by atoms with Gasteiger partial charge in [0, 0.05) is 15.8 Å². The summed E-state index contributed by atoms with van der Waals surface area (Å²) in [7, 11) is 0. The van der Waals surface area contributed by atoms with Crippen molar-refractivity contribution in [2.24, 2.45) is 0 Å². The van der Waals surface area contributed by atoms with Gasteiger partial charge in [0.1, 0.15) is 0 Å². The second-order valence-corrected chi connectivity index (χ2v) is 6.04. The third-order valence-electron chi connectivity index (χ3n) is 2.27. The van der Waals surface area contributed by atoms with Gasteiger partial charge in [0.25, 0.3) is 5.91 Å². The van der Waals surface area contributed by atoms with E-state index < -0.39 is 24.5 Å². The first kappa shape index (κ1) is 16.2. The maximum absolute atomic E-state index is 11.8. The lowest BCUT2D eigenvalue weighted by Gasteiger charge is -2.09. The lowest BCUT2D eigenvalue weighted by Crippen LogP contribution is -2.44. The molecule has 0 bridgehead atoms. The Kier molecular flexibility index (Phi) is 5.69. The molecule has 1 aromatic heterocycles. The molecule has 0 saturated heterocycles. The Morgan fingerprint density at radius 1 is 1.30 bits per heavy atom. The Morgan fingerprint density at radius 2 is 1.95 bits per heavy atom. The molecule has 0 aliphatic rings. The lowest BCUT2D eigenvalue weighted by atomic mass is 10.2. The minimum absolute atomic E-state index is 0.0817. The van der Waals surface area contributed by atoms with Gasteiger partial charge in [0.2, 0.25) is 0 Å². The molecule has 110 valence electrons. The first-order valence-electron chi connectivity index (χ1n) is 6.14. The van der Waals surface area contributed by atoms with E-state index in [9.17, 15) is 14.4 Å². The predicted molar refractivity (Wildman–Crippen MR) is 75.9 cm³/mol. The second-order valence-electron chi connectivity index (χ2n) is 4.58. The van der Waals surface area contributed by atoms with Crippen molar-refractivity contribution in [3.05, 3.63) is 21.4 Å². The maximum Gasteiger partial charge on any atom is 0.339 e. The summed E-state index contributed by atoms with van der Waals surface area (Å²) in [6.07, 6.45) is 0. The number of carbonyl (C=O) groups is 3. The van der Waals surface area contributed by atoms with Gasteiger partial charge >= 0.3 is 12.0 Å². The van der Waals surface area contributed by atoms with Gasteiger partial charge in [-0.15, -0.1) is 11.3 Å². The standard InChI is InChI=1S/C13H18N2O4S/c1-7(2)14-13(18)15-11(16)6-19-12(17)10-5-8(3)20-9(10)4/h5,7H,6H2,1-4H3,(H2,14,15,16,18). The SMILES string of the molecule is Cc1cc(C(=O)OCC(=O)NC(=O)NC(C)C)c(C)s1. The summed E-state index contributed by atoms with van der Waals surface area (Å²) in [5, 5.41) is 4.57. The maximum atomic E-state index is 11.8. The van der Waals surface area contributed by atoms with Crippen LogP contribution in [-0.2, 0) is 9.53 Å². The van der Waals surface area contributed by atoms with Crippen molar-refractivity contribution < 1.29 is 19.1 Å². The van der Waals surface area contributed by atoms with Gasteiger partial charge < -0.3 is 10.1 Å². The second kappa shape index (κ2) is 7.04. The van der Waals surface area contributed by atoms with Crippen LogP contribution >= 0.6 is 11.3 Å². The van der Waals surface area contributed by atoms with Crippen molar-refractivity contribution in [3.8, 4) is 0 Å². The Labute approximate surface area is 121 Å². The number of thiophene rings is 1. The van der Waals surface area contributed by atoms with Crippen LogP contribution in [0.2, 0.25) is 0 Å². The highest BCUT2D eigenvalue weighted by molar-refractivity contribution is 7.12. The van der Waals surface area contributed by atoms with Gasteiger partial charge in [-0.2, -0.15) is 0 Å². The van der Waals surface area contributed by atoms with Crippen molar-refractivity contribution >= 4 is 29.2 Å². The topological polar surface area (TPSA) is 84.5 Å². The van der Waals surface area contributed by atoms with E-state index in [1.54, 1.807) is 19.9 Å². The molecule has 0 atom stereocenters. The summed E-state index contributed by atoms with van der Waals surface area (Å²) < 4.78 is 4.87. The molecule has 1 aromatic rings. The van der Waals surface area contributed by atoms with Crippen molar-refractivity contribution in [1.82, 2.24) is 10.6 Å². The molecule has 0 unspecified atom stereocenters. The Bertz CT molecular complexity index is 522. The first-order chi connectivity index (χ1) is 9.29. The summed E-state index contributed by atoms with van der Waals surface area (Å²) in [5.74, 6) is -1.23. The van der Waals surface area contributed by atoms with E-state index in [-0.39, 0.29) is 6.04 Å². The monoisotopic (exact) mass is 298 g/mol. The molecule has 0 aliphatic heterocycles. The van der Waals surface area contributed by atoms with Crippen LogP contribution in [0.5, 0.6) is 0 Å². The van der Waals surface area contributed by atoms with Crippen molar-refractivity contribution in [1.29, 1.82) is 0 Å². The fraction of sp³-hybridized carbons (Fsp3) is 0.462. The van der Waals surface area contributed by atoms with Crippen LogP contribution in [0.1, 0.15) is 34.0 Å². The molecule has 3 amide bonds. The average Bonchev–Trinajstić information content (AvgIpc) is 2.64. The molecule has 20 heavy (non-hydrogen) atoms. The molecule has 0 radical (unpaired) electrons. The summed E-state index contributed by atoms with van der Waals surface area (Å²) >= 11 is 1.48. The molecule has 1 rings (SSSR count). The Morgan fingerprint density at radius 3 is 2.45 bits per heavy atom. The molecule has 0 fully saturated rings. The summed E-state index contributed by atoms with van der Waals surface area (Å²) in [6, 6.07) is 1.02. The number of aryl methyl sites for hydroxylation is 2. The molecule has 0 saturated carbocycles. The number of imide groups is 1. The third-order valence-corrected chi connectivity index (χ3v) is 3.23. The molecule has 2 N–H and O–H groups in total. The highest BCUT2D eigenvalue weighted by Gasteiger charge is 2.16. The first-order valence-corrected chi connectivity index (χ1v) is 6.95. The molecular weight excluding hydrogens is 280 g/mol. The van der Waals surface area contributed by atoms with Crippen LogP contribution in [0.25, 0.3) is 0 Å². The minimum atomic E-state index is -0.666. The number of amides is 3. The quantitative estimate of drug-likeness (QED) is 0.829. The molecule has 1 heterocycles. The van der Waals surface area contributed by atoms with Gasteiger partial charge in [0.15, 0.2) is 6.61 Å². The van der Waals surface area contributed by atoms with Gasteiger partial charge in [-0.1, -0.05) is 0 Å². The van der Waals surface area contributed by atoms with Crippen LogP contribution in [0.15, 0.2) is 6.07 Å². The lowest BCUT2D eigenvalue weighted by molar-refractivity contribution is -0.123. The van der Waals surface area contributed by atoms with E-state index in [0.29, 0.717) is 5.56 Å². The number of esters is 1. The van der Waals surface area contributed by atoms with Crippen LogP contribution in [-0.4, -0.2) is 30.6 Å². The normalized spacial score (nSPS) is 10.2. The smallest absolute Gasteiger partial charge is 0.339 e. The largest absolute Gasteiger partial charge is 0.452 e. The van der Waals surface area contributed by atoms with Crippen molar-refractivity contribution in [3.63, 3.8) is 0 Å². The fourth-order valence-corrected chi connectivity index (χ4v) is 2.42. The predicted octanol–water partition coefficient (Wildman–Crippen LogP) is 1.76. The van der Waals surface area contributed by atoms with Gasteiger partial charge in [-0.25, -0.2) is 9.59 Å². The fourth-order valence-electron chi connectivity index (χ4n) is 1.50. The highest BCUT2D eigenvalue weighted by Crippen LogP contribution is 2.21. The van der Waals surface area contributed by atoms with E-state index in [2.05, 4.69) is 10.6 Å². The van der Waals surface area contributed by atoms with Crippen LogP contribution < -0.4 is 10.6 Å². The van der Waals surface area contributed by atoms with Gasteiger partial charge in [-0.05, 0) is 33.8 Å². The van der Waals surface area contributed by atoms with E-state index in [0.717, 1.165) is 9.75 Å². The Balaban J connectivity index is 2.43. The number of carbonyl (C=O) groups excluding carboxylic acids is 3. The van der Waals surface area contributed by atoms with E-state index in [4.69, 9.17) is 4.74 Å². The molecule has 0 spiro atoms. The zero-order valence-corrected chi connectivity index (χ0v) is 12.7. The van der Waals surface area contributed by atoms with Crippen molar-refractivity contribution in [2.45, 2.75) is 33.7 Å². The number of hydrogen-bond donors (Lipinski definition) is 2. The van der Waals surface area contributed by atoms with E-state index >= 15 is 0 Å². The van der Waals surface area contributed by atoms with Gasteiger partial charge in [0.05, 0.1) is 5.56 Å². The summed E-state index contributed by atoms with van der Waals surface area (Å²) in [5.41, 5.74) is 0.451. The molecule has 0 aliphatic carbocycles. The number of nitrogens with one attached hydrogen (secondary N) is 2. The van der Waals surface area contributed by atoms with Crippen molar-refractivity contribution in [2.75, 3.05) is 6.61 Å². The zero-order valence-electron chi connectivity index (χ0n) is 11.9. The highest BCUT2D eigenvalue weighted by atomic mass is 32.1. The number of hydrogen-bond acceptors (Lipinski definition) is 5. The van der Waals surface area contributed by atoms with E-state index in [1.165, 1.54) is 11.3 Å². The van der Waals surface area contributed by atoms with E-state index in [1.807, 2.05) is 13.8 Å². The zero-order chi connectivity index (χ0) is 15.3. The molecule has 6 nitrogen and oxygen atoms in total. The average molecular weight is 298 g/mol. The van der Waals surface area contributed by atoms with Crippen LogP contribution in [0, 0.1) is 13.8 Å². The molecule has 0 aromatic carbocycles. The Hall–Kier alpha value is -1.89. The summed E-state index contributed by atoms with van der Waals surface area (Å²) in [6.45, 7) is 6.75. The summed E-state index contributed by atoms with van der Waals surface area (Å²) in [4.78, 5) is 36.3. The van der Waals surface area contributed by atoms with Crippen LogP contribution in [0.3, 0.4) is 0 Å². The number of rotatable bonds is 4. The molecular formula is C13H18N2O4S. The van der Waals surface area contributed by atoms with Gasteiger partial charge in [-0.3, -0.25) is 10.1 Å². The van der Waals surface area contributed by atoms with Crippen LogP contribution in [0.4, 0.5) is 4.79 Å². The number of urea groups is 1. The third kappa shape index (κ3) is 5.00. The number of ether oxygens (including phenoxy) is 1. The minimum Gasteiger partial charge on any atom is -0.452 e. The molecule has 7 heteroatoms.